The Labute approximate surface area is 119 Å². The first-order valence-electron chi connectivity index (χ1n) is 6.12. The molecule has 0 aliphatic rings. The summed E-state index contributed by atoms with van der Waals surface area (Å²) in [5.74, 6) is -1.97. The molecule has 0 aliphatic carbocycles. The highest BCUT2D eigenvalue weighted by molar-refractivity contribution is 5.94. The molecule has 1 aromatic carbocycles. The van der Waals surface area contributed by atoms with E-state index in [4.69, 9.17) is 15.9 Å². The Hall–Kier alpha value is -2.81. The summed E-state index contributed by atoms with van der Waals surface area (Å²) in [4.78, 5) is 22.2. The van der Waals surface area contributed by atoms with Crippen molar-refractivity contribution in [2.75, 3.05) is 6.54 Å². The van der Waals surface area contributed by atoms with Gasteiger partial charge in [-0.05, 0) is 41.6 Å². The number of hydrogen-bond donors (Lipinski definition) is 3. The third kappa shape index (κ3) is 3.20. The molecule has 0 saturated heterocycles. The third-order valence-electron chi connectivity index (χ3n) is 2.79. The Morgan fingerprint density at radius 2 is 1.76 bits per heavy atom. The van der Waals surface area contributed by atoms with E-state index >= 15 is 0 Å². The van der Waals surface area contributed by atoms with Crippen LogP contribution in [0.25, 0.3) is 5.69 Å². The number of benzene rings is 1. The first-order valence-corrected chi connectivity index (χ1v) is 6.12. The molecule has 0 radical (unpaired) electrons. The number of hydrogen-bond acceptors (Lipinski definition) is 6. The molecule has 2 rings (SSSR count). The van der Waals surface area contributed by atoms with Gasteiger partial charge < -0.3 is 15.9 Å². The molecule has 4 N–H and O–H groups in total. The van der Waals surface area contributed by atoms with Crippen LogP contribution in [0.1, 0.15) is 33.0 Å². The average Bonchev–Trinajstić information content (AvgIpc) is 2.92. The summed E-state index contributed by atoms with van der Waals surface area (Å²) in [6.45, 7) is 0.461. The van der Waals surface area contributed by atoms with Crippen LogP contribution >= 0.6 is 0 Å². The third-order valence-corrected chi connectivity index (χ3v) is 2.79. The van der Waals surface area contributed by atoms with Crippen molar-refractivity contribution < 1.29 is 19.8 Å². The highest BCUT2D eigenvalue weighted by atomic mass is 16.4. The lowest BCUT2D eigenvalue weighted by atomic mass is 10.1. The second-order valence-corrected chi connectivity index (χ2v) is 4.28. The fourth-order valence-electron chi connectivity index (χ4n) is 1.80. The summed E-state index contributed by atoms with van der Waals surface area (Å²) in [5, 5.41) is 29.2. The van der Waals surface area contributed by atoms with Crippen LogP contribution in [-0.2, 0) is 6.42 Å². The molecular weight excluding hydrogens is 278 g/mol. The molecule has 21 heavy (non-hydrogen) atoms. The Kier molecular flexibility index (Phi) is 4.24. The number of carbonyl (C=O) groups is 2. The summed E-state index contributed by atoms with van der Waals surface area (Å²) in [7, 11) is 0. The van der Waals surface area contributed by atoms with Crippen LogP contribution < -0.4 is 5.73 Å². The maximum atomic E-state index is 11.1. The SMILES string of the molecule is NCCCc1nnnn1-c1cc(C(=O)O)cc(C(=O)O)c1. The second-order valence-electron chi connectivity index (χ2n) is 4.28. The summed E-state index contributed by atoms with van der Waals surface area (Å²) >= 11 is 0. The molecule has 2 aromatic rings. The lowest BCUT2D eigenvalue weighted by molar-refractivity contribution is 0.0696. The molecule has 0 amide bonds. The van der Waals surface area contributed by atoms with Gasteiger partial charge in [0.15, 0.2) is 5.82 Å². The van der Waals surface area contributed by atoms with Gasteiger partial charge in [-0.3, -0.25) is 0 Å². The van der Waals surface area contributed by atoms with Crippen molar-refractivity contribution in [3.63, 3.8) is 0 Å². The van der Waals surface area contributed by atoms with E-state index in [0.29, 0.717) is 25.2 Å². The summed E-state index contributed by atoms with van der Waals surface area (Å²) in [6, 6.07) is 3.71. The van der Waals surface area contributed by atoms with Crippen LogP contribution in [0, 0.1) is 0 Å². The quantitative estimate of drug-likeness (QED) is 0.671. The van der Waals surface area contributed by atoms with Crippen LogP contribution in [0.5, 0.6) is 0 Å². The first-order chi connectivity index (χ1) is 10.0. The van der Waals surface area contributed by atoms with E-state index in [1.54, 1.807) is 0 Å². The Balaban J connectivity index is 2.50. The zero-order valence-corrected chi connectivity index (χ0v) is 10.9. The summed E-state index contributed by atoms with van der Waals surface area (Å²) in [6.07, 6.45) is 1.16. The van der Waals surface area contributed by atoms with Gasteiger partial charge in [0.05, 0.1) is 16.8 Å². The molecule has 9 nitrogen and oxygen atoms in total. The minimum Gasteiger partial charge on any atom is -0.478 e. The van der Waals surface area contributed by atoms with Crippen molar-refractivity contribution in [3.8, 4) is 5.69 Å². The smallest absolute Gasteiger partial charge is 0.335 e. The average molecular weight is 291 g/mol. The number of aromatic nitrogens is 4. The van der Waals surface area contributed by atoms with E-state index in [0.717, 1.165) is 6.07 Å². The Morgan fingerprint density at radius 1 is 1.14 bits per heavy atom. The highest BCUT2D eigenvalue weighted by Crippen LogP contribution is 2.16. The first kappa shape index (κ1) is 14.6. The van der Waals surface area contributed by atoms with Gasteiger partial charge in [0, 0.05) is 6.42 Å². The van der Waals surface area contributed by atoms with Crippen molar-refractivity contribution in [1.29, 1.82) is 0 Å². The number of carboxylic acids is 2. The Bertz CT molecular complexity index is 650. The summed E-state index contributed by atoms with van der Waals surface area (Å²) in [5.41, 5.74) is 5.41. The number of rotatable bonds is 6. The maximum Gasteiger partial charge on any atom is 0.335 e. The van der Waals surface area contributed by atoms with E-state index in [1.165, 1.54) is 16.8 Å². The number of aromatic carboxylic acids is 2. The van der Waals surface area contributed by atoms with Crippen molar-refractivity contribution in [3.05, 3.63) is 35.2 Å². The highest BCUT2D eigenvalue weighted by Gasteiger charge is 2.15. The molecular formula is C12H13N5O4. The van der Waals surface area contributed by atoms with Gasteiger partial charge in [-0.15, -0.1) is 5.10 Å². The number of nitrogens with two attached hydrogens (primary N) is 1. The molecule has 0 spiro atoms. The largest absolute Gasteiger partial charge is 0.478 e. The van der Waals surface area contributed by atoms with Gasteiger partial charge in [0.2, 0.25) is 0 Å². The van der Waals surface area contributed by atoms with E-state index in [9.17, 15) is 9.59 Å². The van der Waals surface area contributed by atoms with Crippen molar-refractivity contribution in [2.45, 2.75) is 12.8 Å². The van der Waals surface area contributed by atoms with Crippen molar-refractivity contribution >= 4 is 11.9 Å². The molecule has 1 aromatic heterocycles. The van der Waals surface area contributed by atoms with E-state index in [-0.39, 0.29) is 16.8 Å². The topological polar surface area (TPSA) is 144 Å². The number of aryl methyl sites for hydroxylation is 1. The molecule has 110 valence electrons. The van der Waals surface area contributed by atoms with Gasteiger partial charge in [-0.25, -0.2) is 9.59 Å². The van der Waals surface area contributed by atoms with Gasteiger partial charge in [0.1, 0.15) is 0 Å². The molecule has 0 aliphatic heterocycles. The van der Waals surface area contributed by atoms with E-state index in [1.807, 2.05) is 0 Å². The fourth-order valence-corrected chi connectivity index (χ4v) is 1.80. The van der Waals surface area contributed by atoms with Crippen LogP contribution in [0.3, 0.4) is 0 Å². The molecule has 0 unspecified atom stereocenters. The molecule has 0 bridgehead atoms. The molecule has 1 heterocycles. The standard InChI is InChI=1S/C12H13N5O4/c13-3-1-2-10-14-15-16-17(10)9-5-7(11(18)19)4-8(6-9)12(20)21/h4-6H,1-3,13H2,(H,18,19)(H,20,21). The molecule has 0 atom stereocenters. The van der Waals surface area contributed by atoms with Crippen molar-refractivity contribution in [1.82, 2.24) is 20.2 Å². The van der Waals surface area contributed by atoms with Crippen LogP contribution in [-0.4, -0.2) is 48.9 Å². The molecule has 0 saturated carbocycles. The predicted octanol–water partition coefficient (Wildman–Crippen LogP) is -0.0500. The monoisotopic (exact) mass is 291 g/mol. The Morgan fingerprint density at radius 3 is 2.29 bits per heavy atom. The normalized spacial score (nSPS) is 10.5. The van der Waals surface area contributed by atoms with Gasteiger partial charge in [-0.2, -0.15) is 4.68 Å². The lowest BCUT2D eigenvalue weighted by Crippen LogP contribution is -2.10. The zero-order valence-electron chi connectivity index (χ0n) is 10.9. The molecule has 0 fully saturated rings. The maximum absolute atomic E-state index is 11.1. The van der Waals surface area contributed by atoms with E-state index in [2.05, 4.69) is 15.5 Å². The lowest BCUT2D eigenvalue weighted by Gasteiger charge is -2.07. The van der Waals surface area contributed by atoms with Crippen molar-refractivity contribution in [2.24, 2.45) is 5.73 Å². The number of carboxylic acid groups (broad SMARTS) is 2. The fraction of sp³-hybridized carbons (Fsp3) is 0.250. The number of tetrazole rings is 1. The van der Waals surface area contributed by atoms with Crippen LogP contribution in [0.15, 0.2) is 18.2 Å². The minimum atomic E-state index is -1.23. The van der Waals surface area contributed by atoms with Gasteiger partial charge >= 0.3 is 11.9 Å². The summed E-state index contributed by atoms with van der Waals surface area (Å²) < 4.78 is 1.31. The van der Waals surface area contributed by atoms with Gasteiger partial charge in [-0.1, -0.05) is 0 Å². The minimum absolute atomic E-state index is 0.148. The van der Waals surface area contributed by atoms with Gasteiger partial charge in [0.25, 0.3) is 0 Å². The van der Waals surface area contributed by atoms with Crippen LogP contribution in [0.4, 0.5) is 0 Å². The molecule has 9 heteroatoms. The number of nitrogens with zero attached hydrogens (tertiary/aromatic N) is 4. The predicted molar refractivity (Wildman–Crippen MR) is 70.4 cm³/mol. The van der Waals surface area contributed by atoms with Crippen LogP contribution in [0.2, 0.25) is 0 Å². The zero-order chi connectivity index (χ0) is 15.4. The second kappa shape index (κ2) is 6.09. The van der Waals surface area contributed by atoms with E-state index < -0.39 is 11.9 Å².